The highest BCUT2D eigenvalue weighted by atomic mass is 16.5. The van der Waals surface area contributed by atoms with Crippen molar-refractivity contribution in [1.29, 1.82) is 0 Å². The minimum atomic E-state index is -1.19. The molecule has 1 aromatic carbocycles. The van der Waals surface area contributed by atoms with Crippen molar-refractivity contribution in [3.05, 3.63) is 29.8 Å². The standard InChI is InChI=1S/C19H28N2O4/c1-16-4-6-17(7-5-16)25-15-19(23)13-21(10-11-24-14-19)18(22)12-20-8-2-3-9-20/h4-7,23H,2-3,8-15H2,1H3/t19-/m1/s1. The Balaban J connectivity index is 1.57. The van der Waals surface area contributed by atoms with Crippen LogP contribution in [0.5, 0.6) is 5.75 Å². The monoisotopic (exact) mass is 348 g/mol. The molecular formula is C19H28N2O4. The molecule has 1 N–H and O–H groups in total. The fraction of sp³-hybridized carbons (Fsp3) is 0.632. The van der Waals surface area contributed by atoms with Crippen LogP contribution in [0.1, 0.15) is 18.4 Å². The van der Waals surface area contributed by atoms with E-state index in [1.54, 1.807) is 4.90 Å². The first-order valence-corrected chi connectivity index (χ1v) is 9.04. The van der Waals surface area contributed by atoms with Crippen LogP contribution < -0.4 is 4.74 Å². The van der Waals surface area contributed by atoms with Crippen LogP contribution in [-0.4, -0.2) is 79.0 Å². The molecule has 0 aromatic heterocycles. The summed E-state index contributed by atoms with van der Waals surface area (Å²) in [6, 6.07) is 7.70. The predicted octanol–water partition coefficient (Wildman–Crippen LogP) is 1.06. The van der Waals surface area contributed by atoms with E-state index < -0.39 is 5.60 Å². The van der Waals surface area contributed by atoms with Gasteiger partial charge in [-0.25, -0.2) is 0 Å². The van der Waals surface area contributed by atoms with Crippen molar-refractivity contribution < 1.29 is 19.4 Å². The fourth-order valence-electron chi connectivity index (χ4n) is 3.30. The first-order valence-electron chi connectivity index (χ1n) is 9.04. The van der Waals surface area contributed by atoms with Gasteiger partial charge in [0.1, 0.15) is 18.0 Å². The van der Waals surface area contributed by atoms with E-state index in [-0.39, 0.29) is 25.7 Å². The van der Waals surface area contributed by atoms with Crippen LogP contribution >= 0.6 is 0 Å². The van der Waals surface area contributed by atoms with Gasteiger partial charge in [0.05, 0.1) is 26.3 Å². The number of carbonyl (C=O) groups excluding carboxylic acids is 1. The number of hydrogen-bond donors (Lipinski definition) is 1. The number of hydrogen-bond acceptors (Lipinski definition) is 5. The van der Waals surface area contributed by atoms with Gasteiger partial charge >= 0.3 is 0 Å². The first-order chi connectivity index (χ1) is 12.0. The molecule has 0 aliphatic carbocycles. The lowest BCUT2D eigenvalue weighted by Gasteiger charge is -2.31. The van der Waals surface area contributed by atoms with Crippen LogP contribution in [0.3, 0.4) is 0 Å². The van der Waals surface area contributed by atoms with Crippen LogP contribution in [0.2, 0.25) is 0 Å². The molecule has 138 valence electrons. The van der Waals surface area contributed by atoms with Gasteiger partial charge < -0.3 is 19.5 Å². The van der Waals surface area contributed by atoms with Gasteiger partial charge in [-0.15, -0.1) is 0 Å². The first kappa shape index (κ1) is 18.2. The number of likely N-dealkylation sites (tertiary alicyclic amines) is 1. The van der Waals surface area contributed by atoms with E-state index in [9.17, 15) is 9.90 Å². The Morgan fingerprint density at radius 2 is 1.96 bits per heavy atom. The van der Waals surface area contributed by atoms with Gasteiger partial charge in [-0.05, 0) is 45.0 Å². The summed E-state index contributed by atoms with van der Waals surface area (Å²) in [6.45, 7) is 5.88. The second-order valence-electron chi connectivity index (χ2n) is 7.18. The third-order valence-corrected chi connectivity index (χ3v) is 4.80. The number of ether oxygens (including phenoxy) is 2. The molecule has 0 unspecified atom stereocenters. The highest BCUT2D eigenvalue weighted by Crippen LogP contribution is 2.18. The Hall–Kier alpha value is -1.63. The maximum absolute atomic E-state index is 12.6. The summed E-state index contributed by atoms with van der Waals surface area (Å²) in [4.78, 5) is 16.5. The number of benzene rings is 1. The van der Waals surface area contributed by atoms with Crippen molar-refractivity contribution in [2.75, 3.05) is 52.5 Å². The van der Waals surface area contributed by atoms with E-state index in [2.05, 4.69) is 4.90 Å². The highest BCUT2D eigenvalue weighted by molar-refractivity contribution is 5.78. The Bertz CT molecular complexity index is 571. The van der Waals surface area contributed by atoms with Crippen LogP contribution in [0.25, 0.3) is 0 Å². The minimum Gasteiger partial charge on any atom is -0.490 e. The van der Waals surface area contributed by atoms with Crippen LogP contribution in [0.15, 0.2) is 24.3 Å². The maximum Gasteiger partial charge on any atom is 0.236 e. The third kappa shape index (κ3) is 5.17. The van der Waals surface area contributed by atoms with Gasteiger partial charge in [0.15, 0.2) is 0 Å². The molecule has 1 aromatic rings. The van der Waals surface area contributed by atoms with E-state index >= 15 is 0 Å². The molecule has 2 aliphatic heterocycles. The molecule has 2 fully saturated rings. The summed E-state index contributed by atoms with van der Waals surface area (Å²) in [5.41, 5.74) is -0.0373. The summed E-state index contributed by atoms with van der Waals surface area (Å²) >= 11 is 0. The fourth-order valence-corrected chi connectivity index (χ4v) is 3.30. The van der Waals surface area contributed by atoms with E-state index in [0.717, 1.165) is 31.5 Å². The molecule has 0 saturated carbocycles. The maximum atomic E-state index is 12.6. The molecule has 1 atom stereocenters. The third-order valence-electron chi connectivity index (χ3n) is 4.80. The Kier molecular flexibility index (Phi) is 5.93. The lowest BCUT2D eigenvalue weighted by atomic mass is 10.1. The van der Waals surface area contributed by atoms with Gasteiger partial charge in [-0.1, -0.05) is 17.7 Å². The molecule has 0 spiro atoms. The number of rotatable bonds is 5. The summed E-state index contributed by atoms with van der Waals surface area (Å²) in [6.07, 6.45) is 2.31. The largest absolute Gasteiger partial charge is 0.490 e. The number of β-amino-alcohol motifs (C(OH)–C–C–N with tert-alkyl or cyclic N) is 1. The summed E-state index contributed by atoms with van der Waals surface area (Å²) in [7, 11) is 0. The zero-order valence-corrected chi connectivity index (χ0v) is 14.9. The number of aryl methyl sites for hydroxylation is 1. The molecule has 2 aliphatic rings. The average molecular weight is 348 g/mol. The smallest absolute Gasteiger partial charge is 0.236 e. The molecule has 2 saturated heterocycles. The van der Waals surface area contributed by atoms with Gasteiger partial charge in [-0.2, -0.15) is 0 Å². The number of carbonyl (C=O) groups is 1. The summed E-state index contributed by atoms with van der Waals surface area (Å²) in [5, 5.41) is 10.9. The van der Waals surface area contributed by atoms with E-state index in [0.29, 0.717) is 25.4 Å². The SMILES string of the molecule is Cc1ccc(OC[C@]2(O)COCCN(C(=O)CN3CCCC3)C2)cc1. The molecule has 6 heteroatoms. The second-order valence-corrected chi connectivity index (χ2v) is 7.18. The molecule has 0 bridgehead atoms. The topological polar surface area (TPSA) is 62.2 Å². The average Bonchev–Trinajstić information content (AvgIpc) is 3.02. The van der Waals surface area contributed by atoms with E-state index in [1.807, 2.05) is 31.2 Å². The zero-order valence-electron chi connectivity index (χ0n) is 14.9. The molecule has 1 amide bonds. The zero-order chi connectivity index (χ0) is 17.7. The van der Waals surface area contributed by atoms with Crippen molar-refractivity contribution in [3.63, 3.8) is 0 Å². The van der Waals surface area contributed by atoms with Crippen molar-refractivity contribution >= 4 is 5.91 Å². The number of aliphatic hydroxyl groups is 1. The molecule has 6 nitrogen and oxygen atoms in total. The Morgan fingerprint density at radius 1 is 1.24 bits per heavy atom. The number of nitrogens with zero attached hydrogens (tertiary/aromatic N) is 2. The summed E-state index contributed by atoms with van der Waals surface area (Å²) < 4.78 is 11.3. The molecule has 0 radical (unpaired) electrons. The molecule has 25 heavy (non-hydrogen) atoms. The van der Waals surface area contributed by atoms with E-state index in [1.165, 1.54) is 0 Å². The second kappa shape index (κ2) is 8.17. The number of amides is 1. The molecule has 2 heterocycles. The van der Waals surface area contributed by atoms with Crippen LogP contribution in [0.4, 0.5) is 0 Å². The van der Waals surface area contributed by atoms with Gasteiger partial charge in [0, 0.05) is 6.54 Å². The Labute approximate surface area is 149 Å². The molecular weight excluding hydrogens is 320 g/mol. The van der Waals surface area contributed by atoms with Crippen molar-refractivity contribution in [2.45, 2.75) is 25.4 Å². The Morgan fingerprint density at radius 3 is 2.68 bits per heavy atom. The van der Waals surface area contributed by atoms with E-state index in [4.69, 9.17) is 9.47 Å². The van der Waals surface area contributed by atoms with Crippen LogP contribution in [0, 0.1) is 6.92 Å². The predicted molar refractivity (Wildman–Crippen MR) is 94.7 cm³/mol. The van der Waals surface area contributed by atoms with Gasteiger partial charge in [0.2, 0.25) is 5.91 Å². The highest BCUT2D eigenvalue weighted by Gasteiger charge is 2.35. The van der Waals surface area contributed by atoms with Crippen molar-refractivity contribution in [2.24, 2.45) is 0 Å². The lowest BCUT2D eigenvalue weighted by Crippen LogP contribution is -2.51. The normalized spacial score (nSPS) is 25.0. The van der Waals surface area contributed by atoms with Gasteiger partial charge in [-0.3, -0.25) is 9.69 Å². The quantitative estimate of drug-likeness (QED) is 0.862. The molecule has 3 rings (SSSR count). The van der Waals surface area contributed by atoms with Crippen molar-refractivity contribution in [3.8, 4) is 5.75 Å². The van der Waals surface area contributed by atoms with Crippen LogP contribution in [-0.2, 0) is 9.53 Å². The lowest BCUT2D eigenvalue weighted by molar-refractivity contribution is -0.135. The minimum absolute atomic E-state index is 0.0566. The van der Waals surface area contributed by atoms with Gasteiger partial charge in [0.25, 0.3) is 0 Å². The summed E-state index contributed by atoms with van der Waals surface area (Å²) in [5.74, 6) is 0.763. The van der Waals surface area contributed by atoms with Crippen molar-refractivity contribution in [1.82, 2.24) is 9.80 Å².